The van der Waals surface area contributed by atoms with Crippen molar-refractivity contribution in [3.05, 3.63) is 35.9 Å². The molecule has 3 saturated heterocycles. The molecule has 1 aromatic rings. The maximum atomic E-state index is 12.8. The molecule has 5 heteroatoms. The Kier molecular flexibility index (Phi) is 5.22. The molecule has 0 N–H and O–H groups in total. The van der Waals surface area contributed by atoms with Gasteiger partial charge in [-0.15, -0.1) is 0 Å². The normalized spacial score (nSPS) is 27.5. The second kappa shape index (κ2) is 7.63. The standard InChI is InChI=1S/C22H31N3O2/c1-23-12-5-10-22(21(23)27)11-15-25(17-22)20(26)16-24-13-8-19(9-14-24)18-6-3-2-4-7-18/h2-4,6-7,19H,5,8-17H2,1H3. The van der Waals surface area contributed by atoms with E-state index in [1.54, 1.807) is 0 Å². The number of hydrogen-bond acceptors (Lipinski definition) is 3. The molecule has 5 nitrogen and oxygen atoms in total. The molecule has 2 amide bonds. The van der Waals surface area contributed by atoms with Crippen LogP contribution in [0, 0.1) is 5.41 Å². The number of rotatable bonds is 3. The van der Waals surface area contributed by atoms with Gasteiger partial charge < -0.3 is 9.80 Å². The van der Waals surface area contributed by atoms with Crippen LogP contribution in [0.3, 0.4) is 0 Å². The minimum atomic E-state index is -0.303. The molecule has 0 aliphatic carbocycles. The van der Waals surface area contributed by atoms with Gasteiger partial charge >= 0.3 is 0 Å². The SMILES string of the molecule is CN1CCCC2(CCN(C(=O)CN3CCC(c4ccccc4)CC3)C2)C1=O. The van der Waals surface area contributed by atoms with Gasteiger partial charge in [-0.1, -0.05) is 30.3 Å². The quantitative estimate of drug-likeness (QED) is 0.821. The van der Waals surface area contributed by atoms with Crippen molar-refractivity contribution in [2.75, 3.05) is 46.3 Å². The first-order valence-electron chi connectivity index (χ1n) is 10.4. The summed E-state index contributed by atoms with van der Waals surface area (Å²) in [5.41, 5.74) is 1.12. The lowest BCUT2D eigenvalue weighted by molar-refractivity contribution is -0.144. The second-order valence-electron chi connectivity index (χ2n) is 8.64. The minimum absolute atomic E-state index is 0.200. The van der Waals surface area contributed by atoms with Gasteiger partial charge in [0.05, 0.1) is 12.0 Å². The third-order valence-electron chi connectivity index (χ3n) is 6.87. The Bertz CT molecular complexity index is 684. The van der Waals surface area contributed by atoms with Crippen molar-refractivity contribution in [3.63, 3.8) is 0 Å². The van der Waals surface area contributed by atoms with Crippen LogP contribution in [0.25, 0.3) is 0 Å². The van der Waals surface area contributed by atoms with Gasteiger partial charge in [-0.25, -0.2) is 0 Å². The predicted octanol–water partition coefficient (Wildman–Crippen LogP) is 2.34. The van der Waals surface area contributed by atoms with Crippen molar-refractivity contribution in [2.24, 2.45) is 5.41 Å². The summed E-state index contributed by atoms with van der Waals surface area (Å²) in [6.07, 6.45) is 5.05. The summed E-state index contributed by atoms with van der Waals surface area (Å²) in [6, 6.07) is 10.7. The Labute approximate surface area is 162 Å². The van der Waals surface area contributed by atoms with Gasteiger partial charge in [0, 0.05) is 26.7 Å². The summed E-state index contributed by atoms with van der Waals surface area (Å²) < 4.78 is 0. The lowest BCUT2D eigenvalue weighted by Crippen LogP contribution is -2.49. The molecule has 3 fully saturated rings. The molecular weight excluding hydrogens is 338 g/mol. The maximum absolute atomic E-state index is 12.8. The number of nitrogens with zero attached hydrogens (tertiary/aromatic N) is 3. The first-order chi connectivity index (χ1) is 13.1. The number of amides is 2. The zero-order valence-corrected chi connectivity index (χ0v) is 16.4. The number of likely N-dealkylation sites (tertiary alicyclic amines) is 3. The van der Waals surface area contributed by atoms with E-state index in [-0.39, 0.29) is 17.2 Å². The molecular formula is C22H31N3O2. The Morgan fingerprint density at radius 1 is 1.07 bits per heavy atom. The lowest BCUT2D eigenvalue weighted by Gasteiger charge is -2.37. The van der Waals surface area contributed by atoms with E-state index >= 15 is 0 Å². The van der Waals surface area contributed by atoms with Crippen molar-refractivity contribution >= 4 is 11.8 Å². The summed E-state index contributed by atoms with van der Waals surface area (Å²) in [5.74, 6) is 1.06. The van der Waals surface area contributed by atoms with Gasteiger partial charge in [0.1, 0.15) is 0 Å². The monoisotopic (exact) mass is 369 g/mol. The zero-order valence-electron chi connectivity index (χ0n) is 16.4. The highest BCUT2D eigenvalue weighted by Crippen LogP contribution is 2.39. The number of carbonyl (C=O) groups is 2. The van der Waals surface area contributed by atoms with Crippen LogP contribution >= 0.6 is 0 Å². The topological polar surface area (TPSA) is 43.9 Å². The Balaban J connectivity index is 1.29. The molecule has 3 heterocycles. The van der Waals surface area contributed by atoms with E-state index in [4.69, 9.17) is 0 Å². The highest BCUT2D eigenvalue weighted by Gasteiger charge is 2.48. The van der Waals surface area contributed by atoms with E-state index in [1.807, 2.05) is 16.8 Å². The molecule has 146 valence electrons. The second-order valence-corrected chi connectivity index (χ2v) is 8.64. The fourth-order valence-electron chi connectivity index (χ4n) is 5.17. The molecule has 3 aliphatic rings. The van der Waals surface area contributed by atoms with Crippen LogP contribution in [0.5, 0.6) is 0 Å². The molecule has 27 heavy (non-hydrogen) atoms. The summed E-state index contributed by atoms with van der Waals surface area (Å²) in [6.45, 7) is 4.67. The Morgan fingerprint density at radius 3 is 2.56 bits per heavy atom. The van der Waals surface area contributed by atoms with Crippen LogP contribution in [0.4, 0.5) is 0 Å². The van der Waals surface area contributed by atoms with Crippen LogP contribution in [0.1, 0.15) is 43.6 Å². The maximum Gasteiger partial charge on any atom is 0.236 e. The molecule has 0 radical (unpaired) electrons. The highest BCUT2D eigenvalue weighted by atomic mass is 16.2. The summed E-state index contributed by atoms with van der Waals surface area (Å²) in [4.78, 5) is 31.6. The van der Waals surface area contributed by atoms with E-state index in [1.165, 1.54) is 5.56 Å². The van der Waals surface area contributed by atoms with Gasteiger partial charge in [0.2, 0.25) is 11.8 Å². The third-order valence-corrected chi connectivity index (χ3v) is 6.87. The predicted molar refractivity (Wildman–Crippen MR) is 105 cm³/mol. The average molecular weight is 370 g/mol. The fraction of sp³-hybridized carbons (Fsp3) is 0.636. The number of carbonyl (C=O) groups excluding carboxylic acids is 2. The number of hydrogen-bond donors (Lipinski definition) is 0. The van der Waals surface area contributed by atoms with Crippen LogP contribution in [0.2, 0.25) is 0 Å². The molecule has 1 aromatic carbocycles. The fourth-order valence-corrected chi connectivity index (χ4v) is 5.17. The van der Waals surface area contributed by atoms with Gasteiger partial charge in [-0.3, -0.25) is 14.5 Å². The van der Waals surface area contributed by atoms with Crippen LogP contribution < -0.4 is 0 Å². The largest absolute Gasteiger partial charge is 0.345 e. The van der Waals surface area contributed by atoms with E-state index in [0.29, 0.717) is 19.0 Å². The van der Waals surface area contributed by atoms with Gasteiger partial charge in [0.25, 0.3) is 0 Å². The van der Waals surface area contributed by atoms with Crippen LogP contribution in [-0.2, 0) is 9.59 Å². The highest BCUT2D eigenvalue weighted by molar-refractivity contribution is 5.86. The molecule has 1 spiro atoms. The summed E-state index contributed by atoms with van der Waals surface area (Å²) >= 11 is 0. The van der Waals surface area contributed by atoms with Crippen molar-refractivity contribution in [2.45, 2.75) is 38.0 Å². The van der Waals surface area contributed by atoms with E-state index in [0.717, 1.165) is 58.3 Å². The molecule has 1 unspecified atom stereocenters. The molecule has 3 aliphatic heterocycles. The van der Waals surface area contributed by atoms with Crippen LogP contribution in [0.15, 0.2) is 30.3 Å². The Morgan fingerprint density at radius 2 is 1.81 bits per heavy atom. The molecule has 1 atom stereocenters. The smallest absolute Gasteiger partial charge is 0.236 e. The molecule has 4 rings (SSSR count). The summed E-state index contributed by atoms with van der Waals surface area (Å²) in [5, 5.41) is 0. The molecule has 0 saturated carbocycles. The first-order valence-corrected chi connectivity index (χ1v) is 10.4. The van der Waals surface area contributed by atoms with Crippen molar-refractivity contribution in [1.82, 2.24) is 14.7 Å². The van der Waals surface area contributed by atoms with Crippen molar-refractivity contribution < 1.29 is 9.59 Å². The number of piperidine rings is 2. The minimum Gasteiger partial charge on any atom is -0.345 e. The van der Waals surface area contributed by atoms with Crippen molar-refractivity contribution in [1.29, 1.82) is 0 Å². The molecule has 0 aromatic heterocycles. The average Bonchev–Trinajstić information content (AvgIpc) is 3.13. The van der Waals surface area contributed by atoms with E-state index < -0.39 is 0 Å². The van der Waals surface area contributed by atoms with Gasteiger partial charge in [0.15, 0.2) is 0 Å². The lowest BCUT2D eigenvalue weighted by atomic mass is 9.78. The Hall–Kier alpha value is -1.88. The van der Waals surface area contributed by atoms with Crippen molar-refractivity contribution in [3.8, 4) is 0 Å². The van der Waals surface area contributed by atoms with Gasteiger partial charge in [-0.05, 0) is 56.7 Å². The summed E-state index contributed by atoms with van der Waals surface area (Å²) in [7, 11) is 1.89. The zero-order chi connectivity index (χ0) is 18.9. The van der Waals surface area contributed by atoms with E-state index in [2.05, 4.69) is 35.2 Å². The third kappa shape index (κ3) is 3.75. The number of benzene rings is 1. The molecule has 0 bridgehead atoms. The van der Waals surface area contributed by atoms with Gasteiger partial charge in [-0.2, -0.15) is 0 Å². The first kappa shape index (κ1) is 18.5. The van der Waals surface area contributed by atoms with Crippen LogP contribution in [-0.4, -0.2) is 72.8 Å². The van der Waals surface area contributed by atoms with E-state index in [9.17, 15) is 9.59 Å².